The van der Waals surface area contributed by atoms with Crippen molar-refractivity contribution in [3.05, 3.63) is 0 Å². The third-order valence-electron chi connectivity index (χ3n) is 3.56. The molecule has 0 radical (unpaired) electrons. The molecule has 1 heterocycles. The molecule has 1 saturated heterocycles. The van der Waals surface area contributed by atoms with Gasteiger partial charge in [0.1, 0.15) is 0 Å². The van der Waals surface area contributed by atoms with E-state index in [9.17, 15) is 0 Å². The van der Waals surface area contributed by atoms with E-state index in [1.54, 1.807) is 0 Å². The normalized spacial score (nSPS) is 36.5. The maximum Gasteiger partial charge on any atom is 0.0588 e. The van der Waals surface area contributed by atoms with Gasteiger partial charge in [-0.25, -0.2) is 0 Å². The number of rotatable bonds is 4. The third kappa shape index (κ3) is 2.44. The van der Waals surface area contributed by atoms with Crippen LogP contribution in [0.3, 0.4) is 0 Å². The minimum Gasteiger partial charge on any atom is -0.378 e. The van der Waals surface area contributed by atoms with E-state index >= 15 is 0 Å². The fourth-order valence-electron chi connectivity index (χ4n) is 2.14. The van der Waals surface area contributed by atoms with Gasteiger partial charge >= 0.3 is 0 Å². The van der Waals surface area contributed by atoms with E-state index in [4.69, 9.17) is 4.74 Å². The number of nitrogens with one attached hydrogen (secondary N) is 1. The van der Waals surface area contributed by atoms with Gasteiger partial charge in [-0.05, 0) is 44.9 Å². The van der Waals surface area contributed by atoms with Crippen molar-refractivity contribution >= 4 is 0 Å². The molecule has 0 amide bonds. The first-order valence-electron chi connectivity index (χ1n) is 5.62. The molecule has 3 atom stereocenters. The van der Waals surface area contributed by atoms with Crippen LogP contribution in [0.2, 0.25) is 0 Å². The Morgan fingerprint density at radius 2 is 2.15 bits per heavy atom. The Morgan fingerprint density at radius 1 is 1.38 bits per heavy atom. The monoisotopic (exact) mass is 183 g/mol. The lowest BCUT2D eigenvalue weighted by Gasteiger charge is -2.18. The molecule has 2 fully saturated rings. The number of hydrogen-bond donors (Lipinski definition) is 1. The predicted octanol–water partition coefficient (Wildman–Crippen LogP) is 1.80. The molecule has 0 aromatic heterocycles. The zero-order valence-electron chi connectivity index (χ0n) is 8.75. The van der Waals surface area contributed by atoms with Gasteiger partial charge in [-0.2, -0.15) is 0 Å². The highest BCUT2D eigenvalue weighted by molar-refractivity contribution is 4.85. The van der Waals surface area contributed by atoms with Crippen molar-refractivity contribution < 1.29 is 4.74 Å². The first-order valence-corrected chi connectivity index (χ1v) is 5.62. The zero-order valence-corrected chi connectivity index (χ0v) is 8.75. The molecule has 1 N–H and O–H groups in total. The van der Waals surface area contributed by atoms with Crippen LogP contribution >= 0.6 is 0 Å². The van der Waals surface area contributed by atoms with Gasteiger partial charge in [-0.3, -0.25) is 0 Å². The third-order valence-corrected chi connectivity index (χ3v) is 3.56. The Morgan fingerprint density at radius 3 is 2.69 bits per heavy atom. The van der Waals surface area contributed by atoms with Crippen molar-refractivity contribution in [2.45, 2.75) is 45.3 Å². The summed E-state index contributed by atoms with van der Waals surface area (Å²) >= 11 is 0. The summed E-state index contributed by atoms with van der Waals surface area (Å²) in [4.78, 5) is 0. The van der Waals surface area contributed by atoms with Crippen LogP contribution in [0.25, 0.3) is 0 Å². The number of ether oxygens (including phenoxy) is 1. The van der Waals surface area contributed by atoms with Crippen LogP contribution < -0.4 is 5.32 Å². The molecule has 2 rings (SSSR count). The summed E-state index contributed by atoms with van der Waals surface area (Å²) in [6, 6.07) is 0.729. The van der Waals surface area contributed by atoms with Crippen LogP contribution in [0.15, 0.2) is 0 Å². The topological polar surface area (TPSA) is 21.3 Å². The fourth-order valence-corrected chi connectivity index (χ4v) is 2.14. The Kier molecular flexibility index (Phi) is 2.89. The molecule has 76 valence electrons. The average molecular weight is 183 g/mol. The van der Waals surface area contributed by atoms with Crippen molar-refractivity contribution in [2.75, 3.05) is 13.2 Å². The second-order valence-electron chi connectivity index (χ2n) is 4.66. The second kappa shape index (κ2) is 3.97. The van der Waals surface area contributed by atoms with E-state index in [0.29, 0.717) is 6.10 Å². The van der Waals surface area contributed by atoms with E-state index in [2.05, 4.69) is 19.2 Å². The van der Waals surface area contributed by atoms with Crippen LogP contribution in [0, 0.1) is 11.8 Å². The van der Waals surface area contributed by atoms with Crippen molar-refractivity contribution in [1.82, 2.24) is 5.32 Å². The fraction of sp³-hybridized carbons (Fsp3) is 1.00. The van der Waals surface area contributed by atoms with Crippen LogP contribution in [0.5, 0.6) is 0 Å². The van der Waals surface area contributed by atoms with Gasteiger partial charge in [0.2, 0.25) is 0 Å². The van der Waals surface area contributed by atoms with E-state index < -0.39 is 0 Å². The van der Waals surface area contributed by atoms with Gasteiger partial charge in [0.25, 0.3) is 0 Å². The van der Waals surface area contributed by atoms with Gasteiger partial charge in [0.15, 0.2) is 0 Å². The lowest BCUT2D eigenvalue weighted by Crippen LogP contribution is -2.34. The minimum absolute atomic E-state index is 0.471. The number of hydrogen-bond acceptors (Lipinski definition) is 2. The minimum atomic E-state index is 0.471. The molecule has 2 heteroatoms. The molecular weight excluding hydrogens is 162 g/mol. The summed E-state index contributed by atoms with van der Waals surface area (Å²) in [5.74, 6) is 1.72. The summed E-state index contributed by atoms with van der Waals surface area (Å²) in [6.45, 7) is 6.63. The van der Waals surface area contributed by atoms with E-state index in [1.807, 2.05) is 0 Å². The summed E-state index contributed by atoms with van der Waals surface area (Å²) in [6.07, 6.45) is 4.58. The summed E-state index contributed by atoms with van der Waals surface area (Å²) in [5.41, 5.74) is 0. The van der Waals surface area contributed by atoms with Crippen molar-refractivity contribution in [2.24, 2.45) is 11.8 Å². The molecule has 1 aliphatic heterocycles. The molecule has 3 unspecified atom stereocenters. The lowest BCUT2D eigenvalue weighted by atomic mass is 10.0. The average Bonchev–Trinajstić information content (AvgIpc) is 2.88. The van der Waals surface area contributed by atoms with Gasteiger partial charge in [-0.1, -0.05) is 0 Å². The van der Waals surface area contributed by atoms with E-state index in [-0.39, 0.29) is 0 Å². The van der Waals surface area contributed by atoms with Crippen molar-refractivity contribution in [3.8, 4) is 0 Å². The zero-order chi connectivity index (χ0) is 9.26. The summed E-state index contributed by atoms with van der Waals surface area (Å²) in [7, 11) is 0. The smallest absolute Gasteiger partial charge is 0.0588 e. The highest BCUT2D eigenvalue weighted by Gasteiger charge is 2.29. The molecule has 1 aliphatic carbocycles. The molecule has 1 saturated carbocycles. The molecule has 2 nitrogen and oxygen atoms in total. The first-order chi connectivity index (χ1) is 6.27. The standard InChI is InChI=1S/C11H21NO/c1-8(10-3-4-10)12-7-11-5-6-13-9(11)2/h8-12H,3-7H2,1-2H3. The summed E-state index contributed by atoms with van der Waals surface area (Å²) in [5, 5.41) is 3.64. The Bertz CT molecular complexity index is 167. The van der Waals surface area contributed by atoms with Crippen LogP contribution in [-0.2, 0) is 4.74 Å². The molecule has 0 aromatic carbocycles. The Balaban J connectivity index is 1.66. The van der Waals surface area contributed by atoms with Crippen LogP contribution in [-0.4, -0.2) is 25.3 Å². The predicted molar refractivity (Wildman–Crippen MR) is 53.7 cm³/mol. The van der Waals surface area contributed by atoms with Gasteiger partial charge < -0.3 is 10.1 Å². The quantitative estimate of drug-likeness (QED) is 0.717. The highest BCUT2D eigenvalue weighted by atomic mass is 16.5. The molecule has 0 aromatic rings. The van der Waals surface area contributed by atoms with Gasteiger partial charge in [0.05, 0.1) is 6.10 Å². The maximum absolute atomic E-state index is 5.53. The molecule has 0 bridgehead atoms. The lowest BCUT2D eigenvalue weighted by molar-refractivity contribution is 0.105. The highest BCUT2D eigenvalue weighted by Crippen LogP contribution is 2.32. The van der Waals surface area contributed by atoms with Crippen molar-refractivity contribution in [1.29, 1.82) is 0 Å². The molecule has 13 heavy (non-hydrogen) atoms. The van der Waals surface area contributed by atoms with E-state index in [0.717, 1.165) is 31.0 Å². The molecular formula is C11H21NO. The van der Waals surface area contributed by atoms with Crippen LogP contribution in [0.4, 0.5) is 0 Å². The largest absolute Gasteiger partial charge is 0.378 e. The Labute approximate surface area is 81.0 Å². The molecule has 0 spiro atoms. The molecule has 2 aliphatic rings. The second-order valence-corrected chi connectivity index (χ2v) is 4.66. The first kappa shape index (κ1) is 9.47. The Hall–Kier alpha value is -0.0800. The SMILES string of the molecule is CC(NCC1CCOC1C)C1CC1. The van der Waals surface area contributed by atoms with Gasteiger partial charge in [-0.15, -0.1) is 0 Å². The van der Waals surface area contributed by atoms with Crippen LogP contribution in [0.1, 0.15) is 33.1 Å². The van der Waals surface area contributed by atoms with Crippen molar-refractivity contribution in [3.63, 3.8) is 0 Å². The summed E-state index contributed by atoms with van der Waals surface area (Å²) < 4.78 is 5.53. The maximum atomic E-state index is 5.53. The van der Waals surface area contributed by atoms with E-state index in [1.165, 1.54) is 19.3 Å². The van der Waals surface area contributed by atoms with Gasteiger partial charge in [0, 0.05) is 19.2 Å².